The van der Waals surface area contributed by atoms with Crippen LogP contribution in [0.25, 0.3) is 17.8 Å². The molecule has 0 amide bonds. The minimum atomic E-state index is 0.178. The molecule has 0 saturated heterocycles. The standard InChI is InChI=1S/C25H26N6O/c1-17-15-30(16-27-17)22-11-9-18(14-23(22)32-2)10-12-24-28-25-20(7-5-13-31(25)29-24)19-6-3-4-8-21(19)26/h3-4,6,8-12,14-16,20H,5,7,13,26H2,1-2H3/b12-10+. The molecule has 2 aromatic heterocycles. The molecule has 1 unspecified atom stereocenters. The number of hydrogen-bond acceptors (Lipinski definition) is 5. The molecule has 0 spiro atoms. The Balaban J connectivity index is 1.42. The van der Waals surface area contributed by atoms with E-state index in [1.54, 1.807) is 13.4 Å². The fourth-order valence-corrected chi connectivity index (χ4v) is 4.30. The molecule has 162 valence electrons. The number of nitrogens with zero attached hydrogens (tertiary/aromatic N) is 5. The first-order valence-electron chi connectivity index (χ1n) is 10.8. The highest BCUT2D eigenvalue weighted by Crippen LogP contribution is 2.35. The van der Waals surface area contributed by atoms with Crippen LogP contribution in [-0.2, 0) is 6.54 Å². The number of fused-ring (bicyclic) bond motifs is 1. The van der Waals surface area contributed by atoms with Gasteiger partial charge in [-0.15, -0.1) is 0 Å². The van der Waals surface area contributed by atoms with E-state index in [-0.39, 0.29) is 5.92 Å². The van der Waals surface area contributed by atoms with Gasteiger partial charge in [-0.1, -0.05) is 30.3 Å². The third-order valence-electron chi connectivity index (χ3n) is 5.88. The number of rotatable bonds is 5. The largest absolute Gasteiger partial charge is 0.495 e. The van der Waals surface area contributed by atoms with Gasteiger partial charge in [-0.3, -0.25) is 0 Å². The topological polar surface area (TPSA) is 83.8 Å². The van der Waals surface area contributed by atoms with Crippen molar-refractivity contribution < 1.29 is 4.74 Å². The summed E-state index contributed by atoms with van der Waals surface area (Å²) in [4.78, 5) is 9.14. The van der Waals surface area contributed by atoms with Gasteiger partial charge in [-0.05, 0) is 55.2 Å². The molecule has 4 aromatic rings. The number of hydrogen-bond donors (Lipinski definition) is 1. The van der Waals surface area contributed by atoms with Crippen molar-refractivity contribution in [2.75, 3.05) is 12.8 Å². The SMILES string of the molecule is COc1cc(/C=C/c2nc3n(n2)CCCC3c2ccccc2N)ccc1-n1cnc(C)c1. The Morgan fingerprint density at radius 2 is 2.03 bits per heavy atom. The van der Waals surface area contributed by atoms with Crippen molar-refractivity contribution in [3.63, 3.8) is 0 Å². The zero-order chi connectivity index (χ0) is 22.1. The van der Waals surface area contributed by atoms with Gasteiger partial charge in [0.25, 0.3) is 0 Å². The second-order valence-electron chi connectivity index (χ2n) is 8.06. The summed E-state index contributed by atoms with van der Waals surface area (Å²) >= 11 is 0. The number of benzene rings is 2. The molecule has 0 aliphatic carbocycles. The molecule has 0 radical (unpaired) electrons. The predicted molar refractivity (Wildman–Crippen MR) is 126 cm³/mol. The Morgan fingerprint density at radius 3 is 2.81 bits per heavy atom. The van der Waals surface area contributed by atoms with Crippen LogP contribution in [0.1, 0.15) is 47.2 Å². The minimum absolute atomic E-state index is 0.178. The van der Waals surface area contributed by atoms with Gasteiger partial charge in [0.15, 0.2) is 5.82 Å². The van der Waals surface area contributed by atoms with E-state index in [9.17, 15) is 0 Å². The Hall–Kier alpha value is -3.87. The number of ether oxygens (including phenoxy) is 1. The summed E-state index contributed by atoms with van der Waals surface area (Å²) in [6.07, 6.45) is 9.82. The van der Waals surface area contributed by atoms with E-state index < -0.39 is 0 Å². The van der Waals surface area contributed by atoms with Crippen molar-refractivity contribution in [1.29, 1.82) is 0 Å². The first kappa shape index (κ1) is 20.1. The molecule has 0 bridgehead atoms. The maximum absolute atomic E-state index is 6.24. The van der Waals surface area contributed by atoms with E-state index in [1.165, 1.54) is 0 Å². The van der Waals surface area contributed by atoms with E-state index in [1.807, 2.05) is 70.9 Å². The van der Waals surface area contributed by atoms with Gasteiger partial charge in [0.2, 0.25) is 0 Å². The second kappa shape index (κ2) is 8.34. The van der Waals surface area contributed by atoms with Crippen LogP contribution in [0, 0.1) is 6.92 Å². The molecule has 1 aliphatic heterocycles. The number of para-hydroxylation sites is 1. The van der Waals surface area contributed by atoms with E-state index >= 15 is 0 Å². The number of nitrogens with two attached hydrogens (primary N) is 1. The third-order valence-corrected chi connectivity index (χ3v) is 5.88. The number of imidazole rings is 1. The number of nitrogen functional groups attached to an aromatic ring is 1. The van der Waals surface area contributed by atoms with Crippen molar-refractivity contribution in [3.8, 4) is 11.4 Å². The summed E-state index contributed by atoms with van der Waals surface area (Å²) in [7, 11) is 1.68. The van der Waals surface area contributed by atoms with E-state index in [2.05, 4.69) is 11.1 Å². The molecule has 2 N–H and O–H groups in total. The summed E-state index contributed by atoms with van der Waals surface area (Å²) in [6.45, 7) is 2.85. The smallest absolute Gasteiger partial charge is 0.174 e. The molecule has 0 fully saturated rings. The maximum atomic E-state index is 6.24. The summed E-state index contributed by atoms with van der Waals surface area (Å²) in [5.74, 6) is 2.64. The molecule has 0 saturated carbocycles. The van der Waals surface area contributed by atoms with Gasteiger partial charge >= 0.3 is 0 Å². The number of aromatic nitrogens is 5. The zero-order valence-electron chi connectivity index (χ0n) is 18.3. The second-order valence-corrected chi connectivity index (χ2v) is 8.06. The van der Waals surface area contributed by atoms with Gasteiger partial charge in [0.1, 0.15) is 11.6 Å². The van der Waals surface area contributed by atoms with Gasteiger partial charge in [0.05, 0.1) is 24.8 Å². The third kappa shape index (κ3) is 3.77. The Morgan fingerprint density at radius 1 is 1.16 bits per heavy atom. The van der Waals surface area contributed by atoms with Crippen LogP contribution in [0.2, 0.25) is 0 Å². The van der Waals surface area contributed by atoms with Gasteiger partial charge < -0.3 is 15.0 Å². The Kier molecular flexibility index (Phi) is 5.23. The monoisotopic (exact) mass is 426 g/mol. The molecule has 1 atom stereocenters. The van der Waals surface area contributed by atoms with Crippen molar-refractivity contribution in [1.82, 2.24) is 24.3 Å². The molecular formula is C25H26N6O. The molecule has 32 heavy (non-hydrogen) atoms. The Labute approximate surface area is 187 Å². The molecule has 5 rings (SSSR count). The van der Waals surface area contributed by atoms with Gasteiger partial charge in [-0.25, -0.2) is 14.6 Å². The molecular weight excluding hydrogens is 400 g/mol. The van der Waals surface area contributed by atoms with Crippen LogP contribution < -0.4 is 10.5 Å². The maximum Gasteiger partial charge on any atom is 0.174 e. The number of aryl methyl sites for hydroxylation is 2. The van der Waals surface area contributed by atoms with Crippen LogP contribution in [0.5, 0.6) is 5.75 Å². The van der Waals surface area contributed by atoms with Gasteiger partial charge in [0, 0.05) is 24.3 Å². The summed E-state index contributed by atoms with van der Waals surface area (Å²) in [5, 5.41) is 4.72. The Bertz CT molecular complexity index is 1290. The lowest BCUT2D eigenvalue weighted by Crippen LogP contribution is -2.18. The predicted octanol–water partition coefficient (Wildman–Crippen LogP) is 4.46. The minimum Gasteiger partial charge on any atom is -0.495 e. The van der Waals surface area contributed by atoms with E-state index in [4.69, 9.17) is 20.6 Å². The van der Waals surface area contributed by atoms with Gasteiger partial charge in [-0.2, -0.15) is 5.10 Å². The van der Waals surface area contributed by atoms with Crippen molar-refractivity contribution >= 4 is 17.8 Å². The van der Waals surface area contributed by atoms with Crippen LogP contribution in [0.4, 0.5) is 5.69 Å². The summed E-state index contributed by atoms with van der Waals surface area (Å²) in [5.41, 5.74) is 11.1. The summed E-state index contributed by atoms with van der Waals surface area (Å²) in [6, 6.07) is 14.1. The summed E-state index contributed by atoms with van der Waals surface area (Å²) < 4.78 is 9.59. The van der Waals surface area contributed by atoms with Crippen LogP contribution >= 0.6 is 0 Å². The van der Waals surface area contributed by atoms with Crippen LogP contribution in [0.15, 0.2) is 55.0 Å². The highest BCUT2D eigenvalue weighted by atomic mass is 16.5. The normalized spacial score (nSPS) is 15.8. The van der Waals surface area contributed by atoms with Crippen LogP contribution in [0.3, 0.4) is 0 Å². The highest BCUT2D eigenvalue weighted by Gasteiger charge is 2.26. The molecule has 7 nitrogen and oxygen atoms in total. The lowest BCUT2D eigenvalue weighted by atomic mass is 9.90. The molecule has 1 aliphatic rings. The first-order chi connectivity index (χ1) is 15.6. The fraction of sp³-hybridized carbons (Fsp3) is 0.240. The lowest BCUT2D eigenvalue weighted by Gasteiger charge is -2.23. The zero-order valence-corrected chi connectivity index (χ0v) is 18.3. The fourth-order valence-electron chi connectivity index (χ4n) is 4.30. The average molecular weight is 427 g/mol. The highest BCUT2D eigenvalue weighted by molar-refractivity contribution is 5.69. The van der Waals surface area contributed by atoms with Crippen molar-refractivity contribution in [2.45, 2.75) is 32.2 Å². The van der Waals surface area contributed by atoms with Crippen molar-refractivity contribution in [3.05, 3.63) is 83.5 Å². The average Bonchev–Trinajstić information content (AvgIpc) is 3.43. The number of anilines is 1. The van der Waals surface area contributed by atoms with E-state index in [0.717, 1.165) is 59.2 Å². The lowest BCUT2D eigenvalue weighted by molar-refractivity contribution is 0.413. The van der Waals surface area contributed by atoms with Crippen molar-refractivity contribution in [2.24, 2.45) is 0 Å². The van der Waals surface area contributed by atoms with E-state index in [0.29, 0.717) is 5.82 Å². The molecule has 7 heteroatoms. The molecule has 2 aromatic carbocycles. The molecule has 3 heterocycles. The quantitative estimate of drug-likeness (QED) is 0.477. The number of methoxy groups -OCH3 is 1. The first-order valence-corrected chi connectivity index (χ1v) is 10.8. The van der Waals surface area contributed by atoms with Crippen LogP contribution in [-0.4, -0.2) is 31.4 Å².